The summed E-state index contributed by atoms with van der Waals surface area (Å²) in [4.78, 5) is 12.8. The van der Waals surface area contributed by atoms with Crippen LogP contribution in [0, 0.1) is 0 Å². The Morgan fingerprint density at radius 2 is 1.65 bits per heavy atom. The lowest BCUT2D eigenvalue weighted by molar-refractivity contribution is 0.103. The maximum atomic E-state index is 12.9. The molecule has 0 aliphatic heterocycles. The number of hydrogen-bond donors (Lipinski definition) is 2. The first kappa shape index (κ1) is 20.6. The molecule has 0 bridgehead atoms. The van der Waals surface area contributed by atoms with Gasteiger partial charge in [0.2, 0.25) is 10.0 Å². The monoisotopic (exact) mass is 394 g/mol. The van der Waals surface area contributed by atoms with Crippen LogP contribution in [0.5, 0.6) is 0 Å². The highest BCUT2D eigenvalue weighted by molar-refractivity contribution is 7.89. The molecule has 1 saturated carbocycles. The summed E-state index contributed by atoms with van der Waals surface area (Å²) in [5.74, 6) is -0.304. The number of carbonyl (C=O) groups is 1. The summed E-state index contributed by atoms with van der Waals surface area (Å²) in [6.07, 6.45) is 3.20. The fourth-order valence-electron chi connectivity index (χ4n) is 3.25. The molecule has 0 amide bonds. The Morgan fingerprint density at radius 1 is 1.00 bits per heavy atom. The summed E-state index contributed by atoms with van der Waals surface area (Å²) in [6.45, 7) is 0. The fourth-order valence-corrected chi connectivity index (χ4v) is 4.74. The molecular formula is C19H23ClN2O3S. The third kappa shape index (κ3) is 4.71. The standard InChI is InChI=1S/C19H22N2O3S.ClH/c20-15-9-6-10-16(13-15)21-25(23,24)18-12-5-4-11-17(18)19(22)14-7-2-1-3-8-14;/h1-5,7-8,11-12,15-16,21H,6,9-10,13,20H2;1H. The van der Waals surface area contributed by atoms with Crippen molar-refractivity contribution in [1.82, 2.24) is 4.72 Å². The van der Waals surface area contributed by atoms with Crippen LogP contribution in [0.1, 0.15) is 41.6 Å². The van der Waals surface area contributed by atoms with Crippen LogP contribution in [-0.2, 0) is 10.0 Å². The number of hydrogen-bond acceptors (Lipinski definition) is 4. The minimum Gasteiger partial charge on any atom is -0.328 e. The fraction of sp³-hybridized carbons (Fsp3) is 0.316. The highest BCUT2D eigenvalue weighted by Crippen LogP contribution is 2.23. The summed E-state index contributed by atoms with van der Waals surface area (Å²) in [5, 5.41) is 0. The second-order valence-corrected chi connectivity index (χ2v) is 8.12. The third-order valence-electron chi connectivity index (χ3n) is 4.49. The lowest BCUT2D eigenvalue weighted by atomic mass is 9.92. The minimum atomic E-state index is -3.79. The van der Waals surface area contributed by atoms with Gasteiger partial charge < -0.3 is 5.73 Å². The van der Waals surface area contributed by atoms with Crippen molar-refractivity contribution in [3.05, 3.63) is 65.7 Å². The Kier molecular flexibility index (Phi) is 6.94. The zero-order valence-electron chi connectivity index (χ0n) is 14.3. The topological polar surface area (TPSA) is 89.3 Å². The SMILES string of the molecule is Cl.NC1CCCC(NS(=O)(=O)c2ccccc2C(=O)c2ccccc2)C1. The van der Waals surface area contributed by atoms with Gasteiger partial charge in [-0.3, -0.25) is 4.79 Å². The molecule has 3 N–H and O–H groups in total. The number of benzene rings is 2. The van der Waals surface area contributed by atoms with E-state index >= 15 is 0 Å². The van der Waals surface area contributed by atoms with Crippen LogP contribution in [-0.4, -0.2) is 26.3 Å². The van der Waals surface area contributed by atoms with Crippen molar-refractivity contribution in [2.24, 2.45) is 5.73 Å². The van der Waals surface area contributed by atoms with E-state index in [0.717, 1.165) is 19.3 Å². The van der Waals surface area contributed by atoms with Crippen LogP contribution in [0.3, 0.4) is 0 Å². The second kappa shape index (κ2) is 8.77. The number of nitrogens with one attached hydrogen (secondary N) is 1. The maximum Gasteiger partial charge on any atom is 0.241 e. The van der Waals surface area contributed by atoms with E-state index in [1.54, 1.807) is 42.5 Å². The molecule has 1 aliphatic rings. The molecule has 7 heteroatoms. The lowest BCUT2D eigenvalue weighted by Gasteiger charge is -2.27. The van der Waals surface area contributed by atoms with E-state index < -0.39 is 10.0 Å². The highest BCUT2D eigenvalue weighted by atomic mass is 35.5. The first-order chi connectivity index (χ1) is 12.0. The van der Waals surface area contributed by atoms with Crippen LogP contribution in [0.15, 0.2) is 59.5 Å². The first-order valence-electron chi connectivity index (χ1n) is 8.44. The molecule has 5 nitrogen and oxygen atoms in total. The summed E-state index contributed by atoms with van der Waals surface area (Å²) in [7, 11) is -3.79. The van der Waals surface area contributed by atoms with Crippen molar-refractivity contribution in [2.45, 2.75) is 42.7 Å². The molecule has 0 spiro atoms. The van der Waals surface area contributed by atoms with Crippen molar-refractivity contribution in [2.75, 3.05) is 0 Å². The molecule has 140 valence electrons. The average molecular weight is 395 g/mol. The Morgan fingerprint density at radius 3 is 2.35 bits per heavy atom. The van der Waals surface area contributed by atoms with Crippen LogP contribution >= 0.6 is 12.4 Å². The van der Waals surface area contributed by atoms with E-state index in [9.17, 15) is 13.2 Å². The number of rotatable bonds is 5. The van der Waals surface area contributed by atoms with Crippen molar-refractivity contribution in [3.63, 3.8) is 0 Å². The molecule has 26 heavy (non-hydrogen) atoms. The number of sulfonamides is 1. The highest BCUT2D eigenvalue weighted by Gasteiger charge is 2.28. The molecule has 0 saturated heterocycles. The molecule has 1 fully saturated rings. The van der Waals surface area contributed by atoms with Crippen LogP contribution in [0.4, 0.5) is 0 Å². The van der Waals surface area contributed by atoms with Gasteiger partial charge in [0.15, 0.2) is 5.78 Å². The van der Waals surface area contributed by atoms with E-state index in [4.69, 9.17) is 5.73 Å². The molecule has 2 atom stereocenters. The van der Waals surface area contributed by atoms with Crippen LogP contribution < -0.4 is 10.5 Å². The zero-order valence-corrected chi connectivity index (χ0v) is 15.9. The van der Waals surface area contributed by atoms with E-state index in [1.807, 2.05) is 6.07 Å². The Labute approximate surface area is 160 Å². The zero-order chi connectivity index (χ0) is 17.9. The minimum absolute atomic E-state index is 0. The van der Waals surface area contributed by atoms with Gasteiger partial charge in [-0.1, -0.05) is 48.9 Å². The molecule has 2 aromatic carbocycles. The van der Waals surface area contributed by atoms with Crippen LogP contribution in [0.25, 0.3) is 0 Å². The summed E-state index contributed by atoms with van der Waals surface area (Å²) >= 11 is 0. The van der Waals surface area contributed by atoms with Crippen molar-refractivity contribution in [3.8, 4) is 0 Å². The van der Waals surface area contributed by atoms with Gasteiger partial charge in [0.05, 0.1) is 4.90 Å². The average Bonchev–Trinajstić information content (AvgIpc) is 2.61. The van der Waals surface area contributed by atoms with Gasteiger partial charge in [-0.25, -0.2) is 13.1 Å². The Bertz CT molecular complexity index is 856. The Balaban J connectivity index is 0.00000243. The van der Waals surface area contributed by atoms with Crippen molar-refractivity contribution >= 4 is 28.2 Å². The number of nitrogens with two attached hydrogens (primary N) is 1. The van der Waals surface area contributed by atoms with Crippen molar-refractivity contribution < 1.29 is 13.2 Å². The van der Waals surface area contributed by atoms with Gasteiger partial charge in [0.1, 0.15) is 0 Å². The molecule has 0 heterocycles. The number of carbonyl (C=O) groups excluding carboxylic acids is 1. The van der Waals surface area contributed by atoms with E-state index in [2.05, 4.69) is 4.72 Å². The third-order valence-corrected chi connectivity index (χ3v) is 6.07. The molecule has 0 aromatic heterocycles. The quantitative estimate of drug-likeness (QED) is 0.763. The van der Waals surface area contributed by atoms with Crippen molar-refractivity contribution in [1.29, 1.82) is 0 Å². The summed E-state index contributed by atoms with van der Waals surface area (Å²) in [6, 6.07) is 14.8. The molecule has 2 unspecified atom stereocenters. The van der Waals surface area contributed by atoms with Gasteiger partial charge in [0, 0.05) is 23.2 Å². The van der Waals surface area contributed by atoms with E-state index in [-0.39, 0.29) is 40.7 Å². The molecule has 2 aromatic rings. The predicted molar refractivity (Wildman–Crippen MR) is 104 cm³/mol. The van der Waals surface area contributed by atoms with E-state index in [0.29, 0.717) is 12.0 Å². The normalized spacial score (nSPS) is 20.2. The number of ketones is 1. The lowest BCUT2D eigenvalue weighted by Crippen LogP contribution is -2.42. The molecule has 3 rings (SSSR count). The molecule has 1 aliphatic carbocycles. The Hall–Kier alpha value is -1.73. The predicted octanol–water partition coefficient (Wildman–Crippen LogP) is 2.89. The van der Waals surface area contributed by atoms with Crippen LogP contribution in [0.2, 0.25) is 0 Å². The summed E-state index contributed by atoms with van der Waals surface area (Å²) < 4.78 is 28.4. The summed E-state index contributed by atoms with van der Waals surface area (Å²) in [5.41, 5.74) is 6.59. The molecular weight excluding hydrogens is 372 g/mol. The van der Waals surface area contributed by atoms with Gasteiger partial charge in [-0.05, 0) is 31.4 Å². The van der Waals surface area contributed by atoms with Gasteiger partial charge >= 0.3 is 0 Å². The second-order valence-electron chi connectivity index (χ2n) is 6.44. The smallest absolute Gasteiger partial charge is 0.241 e. The van der Waals surface area contributed by atoms with Gasteiger partial charge in [0.25, 0.3) is 0 Å². The van der Waals surface area contributed by atoms with Gasteiger partial charge in [-0.2, -0.15) is 0 Å². The van der Waals surface area contributed by atoms with E-state index in [1.165, 1.54) is 6.07 Å². The largest absolute Gasteiger partial charge is 0.328 e. The first-order valence-corrected chi connectivity index (χ1v) is 9.92. The van der Waals surface area contributed by atoms with Gasteiger partial charge in [-0.15, -0.1) is 12.4 Å². The number of halogens is 1. The maximum absolute atomic E-state index is 12.9. The molecule has 0 radical (unpaired) electrons.